The van der Waals surface area contributed by atoms with Gasteiger partial charge in [-0.1, -0.05) is 13.5 Å². The summed E-state index contributed by atoms with van der Waals surface area (Å²) < 4.78 is 5.41. The first-order chi connectivity index (χ1) is 8.24. The van der Waals surface area contributed by atoms with Crippen LogP contribution in [0.2, 0.25) is 0 Å². The van der Waals surface area contributed by atoms with Gasteiger partial charge in [-0.05, 0) is 34.1 Å². The van der Waals surface area contributed by atoms with Crippen LogP contribution in [0.1, 0.15) is 41.0 Å². The van der Waals surface area contributed by atoms with Gasteiger partial charge in [0.25, 0.3) is 0 Å². The molecule has 0 spiro atoms. The van der Waals surface area contributed by atoms with Crippen LogP contribution in [0, 0.1) is 0 Å². The fourth-order valence-electron chi connectivity index (χ4n) is 2.20. The van der Waals surface area contributed by atoms with Crippen LogP contribution in [0.4, 0.5) is 4.79 Å². The van der Waals surface area contributed by atoms with Gasteiger partial charge in [0.2, 0.25) is 0 Å². The Morgan fingerprint density at radius 1 is 1.39 bits per heavy atom. The average molecular weight is 254 g/mol. The lowest BCUT2D eigenvalue weighted by Crippen LogP contribution is -2.54. The lowest BCUT2D eigenvalue weighted by molar-refractivity contribution is 0.00830. The fraction of sp³-hybridized carbons (Fsp3) is 0.786. The Labute approximate surface area is 111 Å². The molecule has 0 N–H and O–H groups in total. The summed E-state index contributed by atoms with van der Waals surface area (Å²) >= 11 is 0. The molecule has 1 rings (SSSR count). The molecule has 1 saturated heterocycles. The Balaban J connectivity index is 2.62. The smallest absolute Gasteiger partial charge is 0.410 e. The van der Waals surface area contributed by atoms with Gasteiger partial charge >= 0.3 is 6.09 Å². The first-order valence-corrected chi connectivity index (χ1v) is 6.64. The van der Waals surface area contributed by atoms with Crippen molar-refractivity contribution in [1.82, 2.24) is 9.80 Å². The zero-order valence-electron chi connectivity index (χ0n) is 12.3. The van der Waals surface area contributed by atoms with Gasteiger partial charge in [0.05, 0.1) is 0 Å². The summed E-state index contributed by atoms with van der Waals surface area (Å²) in [5.41, 5.74) is 0.648. The van der Waals surface area contributed by atoms with Crippen molar-refractivity contribution in [1.29, 1.82) is 0 Å². The van der Waals surface area contributed by atoms with Gasteiger partial charge in [-0.15, -0.1) is 0 Å². The summed E-state index contributed by atoms with van der Waals surface area (Å²) in [6, 6.07) is 0.351. The highest BCUT2D eigenvalue weighted by Gasteiger charge is 2.30. The molecule has 1 amide bonds. The van der Waals surface area contributed by atoms with Crippen LogP contribution in [0.3, 0.4) is 0 Å². The molecule has 0 saturated carbocycles. The van der Waals surface area contributed by atoms with E-state index in [4.69, 9.17) is 4.74 Å². The third-order valence-electron chi connectivity index (χ3n) is 3.10. The van der Waals surface area contributed by atoms with Gasteiger partial charge in [0, 0.05) is 31.4 Å². The number of carbonyl (C=O) groups is 1. The predicted octanol–water partition coefficient (Wildman–Crippen LogP) is 2.85. The van der Waals surface area contributed by atoms with E-state index in [2.05, 4.69) is 18.4 Å². The van der Waals surface area contributed by atoms with E-state index in [0.717, 1.165) is 25.2 Å². The van der Waals surface area contributed by atoms with Crippen molar-refractivity contribution in [3.8, 4) is 0 Å². The van der Waals surface area contributed by atoms with Gasteiger partial charge in [0.1, 0.15) is 5.60 Å². The van der Waals surface area contributed by atoms with Gasteiger partial charge in [0.15, 0.2) is 0 Å². The maximum absolute atomic E-state index is 12.0. The normalized spacial score (nSPS) is 20.8. The molecule has 104 valence electrons. The van der Waals surface area contributed by atoms with E-state index in [0.29, 0.717) is 12.6 Å². The Kier molecular flexibility index (Phi) is 4.65. The van der Waals surface area contributed by atoms with Crippen molar-refractivity contribution in [2.45, 2.75) is 52.7 Å². The lowest BCUT2D eigenvalue weighted by Gasteiger charge is -2.42. The molecule has 1 atom stereocenters. The van der Waals surface area contributed by atoms with E-state index in [1.807, 2.05) is 27.7 Å². The molecule has 0 aromatic rings. The maximum Gasteiger partial charge on any atom is 0.410 e. The van der Waals surface area contributed by atoms with Gasteiger partial charge < -0.3 is 14.5 Å². The first-order valence-electron chi connectivity index (χ1n) is 6.64. The highest BCUT2D eigenvalue weighted by molar-refractivity contribution is 5.68. The first kappa shape index (κ1) is 14.9. The number of amides is 1. The number of piperazine rings is 1. The minimum absolute atomic E-state index is 0.206. The molecular formula is C14H26N2O2. The van der Waals surface area contributed by atoms with Crippen molar-refractivity contribution in [2.24, 2.45) is 0 Å². The Morgan fingerprint density at radius 2 is 2.00 bits per heavy atom. The third-order valence-corrected chi connectivity index (χ3v) is 3.10. The zero-order chi connectivity index (χ0) is 13.9. The highest BCUT2D eigenvalue weighted by Crippen LogP contribution is 2.19. The molecule has 0 aliphatic carbocycles. The van der Waals surface area contributed by atoms with Gasteiger partial charge in [-0.2, -0.15) is 0 Å². The minimum Gasteiger partial charge on any atom is -0.444 e. The standard InChI is InChI=1S/C14H26N2O2/c1-7-12-10-15(8-9-16(12)11(2)3)13(17)18-14(4,5)6/h12H,2,7-10H2,1,3-6H3/t12-/m0/s1. The lowest BCUT2D eigenvalue weighted by atomic mass is 10.1. The van der Waals surface area contributed by atoms with Gasteiger partial charge in [-0.3, -0.25) is 0 Å². The number of rotatable bonds is 2. The second-order valence-corrected chi connectivity index (χ2v) is 5.92. The van der Waals surface area contributed by atoms with E-state index in [1.165, 1.54) is 0 Å². The second-order valence-electron chi connectivity index (χ2n) is 5.92. The quantitative estimate of drug-likeness (QED) is 0.759. The minimum atomic E-state index is -0.426. The fourth-order valence-corrected chi connectivity index (χ4v) is 2.20. The van der Waals surface area contributed by atoms with Crippen molar-refractivity contribution < 1.29 is 9.53 Å². The monoisotopic (exact) mass is 254 g/mol. The number of hydrogen-bond acceptors (Lipinski definition) is 3. The summed E-state index contributed by atoms with van der Waals surface area (Å²) in [5.74, 6) is 0. The SMILES string of the molecule is C=C(C)N1CCN(C(=O)OC(C)(C)C)C[C@@H]1CC. The third kappa shape index (κ3) is 3.93. The van der Waals surface area contributed by atoms with E-state index >= 15 is 0 Å². The van der Waals surface area contributed by atoms with Crippen molar-refractivity contribution in [3.63, 3.8) is 0 Å². The number of nitrogens with zero attached hydrogens (tertiary/aromatic N) is 2. The molecule has 0 aromatic carbocycles. The van der Waals surface area contributed by atoms with E-state index in [1.54, 1.807) is 4.90 Å². The molecule has 4 heteroatoms. The van der Waals surface area contributed by atoms with Crippen LogP contribution in [0.15, 0.2) is 12.3 Å². The number of carbonyl (C=O) groups excluding carboxylic acids is 1. The van der Waals surface area contributed by atoms with Gasteiger partial charge in [-0.25, -0.2) is 4.79 Å². The topological polar surface area (TPSA) is 32.8 Å². The van der Waals surface area contributed by atoms with Crippen LogP contribution in [0.25, 0.3) is 0 Å². The van der Waals surface area contributed by atoms with Crippen LogP contribution in [-0.2, 0) is 4.74 Å². The van der Waals surface area contributed by atoms with E-state index in [9.17, 15) is 4.79 Å². The molecule has 0 radical (unpaired) electrons. The van der Waals surface area contributed by atoms with E-state index in [-0.39, 0.29) is 6.09 Å². The number of allylic oxidation sites excluding steroid dienone is 1. The molecule has 1 fully saturated rings. The molecular weight excluding hydrogens is 228 g/mol. The average Bonchev–Trinajstić information content (AvgIpc) is 2.25. The van der Waals surface area contributed by atoms with Crippen LogP contribution in [-0.4, -0.2) is 47.2 Å². The van der Waals surface area contributed by atoms with E-state index < -0.39 is 5.60 Å². The Bertz CT molecular complexity index is 320. The summed E-state index contributed by atoms with van der Waals surface area (Å²) in [5, 5.41) is 0. The van der Waals surface area contributed by atoms with Crippen LogP contribution in [0.5, 0.6) is 0 Å². The molecule has 0 bridgehead atoms. The van der Waals surface area contributed by atoms with Crippen molar-refractivity contribution in [2.75, 3.05) is 19.6 Å². The Hall–Kier alpha value is -1.19. The summed E-state index contributed by atoms with van der Waals surface area (Å²) in [4.78, 5) is 16.1. The number of ether oxygens (including phenoxy) is 1. The molecule has 1 aliphatic rings. The zero-order valence-corrected chi connectivity index (χ0v) is 12.3. The Morgan fingerprint density at radius 3 is 2.44 bits per heavy atom. The molecule has 18 heavy (non-hydrogen) atoms. The van der Waals surface area contributed by atoms with Crippen LogP contribution < -0.4 is 0 Å². The predicted molar refractivity (Wildman–Crippen MR) is 73.4 cm³/mol. The second kappa shape index (κ2) is 5.63. The number of hydrogen-bond donors (Lipinski definition) is 0. The largest absolute Gasteiger partial charge is 0.444 e. The summed E-state index contributed by atoms with van der Waals surface area (Å²) in [6.07, 6.45) is 0.800. The molecule has 1 aliphatic heterocycles. The highest BCUT2D eigenvalue weighted by atomic mass is 16.6. The van der Waals surface area contributed by atoms with Crippen molar-refractivity contribution >= 4 is 6.09 Å². The van der Waals surface area contributed by atoms with Crippen LogP contribution >= 0.6 is 0 Å². The summed E-state index contributed by atoms with van der Waals surface area (Å²) in [6.45, 7) is 16.1. The van der Waals surface area contributed by atoms with Crippen molar-refractivity contribution in [3.05, 3.63) is 12.3 Å². The summed E-state index contributed by atoms with van der Waals surface area (Å²) in [7, 11) is 0. The maximum atomic E-state index is 12.0. The molecule has 0 aromatic heterocycles. The molecule has 0 unspecified atom stereocenters. The molecule has 1 heterocycles. The molecule has 4 nitrogen and oxygen atoms in total.